The smallest absolute Gasteiger partial charge is 0.119 e. The minimum absolute atomic E-state index is 0.0334. The first-order chi connectivity index (χ1) is 11.5. The number of hydrogen-bond donors (Lipinski definition) is 2. The lowest BCUT2D eigenvalue weighted by atomic mass is 9.97. The number of aliphatic hydroxyl groups is 1. The zero-order valence-corrected chi connectivity index (χ0v) is 15.6. The molecule has 0 bridgehead atoms. The van der Waals surface area contributed by atoms with Crippen molar-refractivity contribution in [1.82, 2.24) is 0 Å². The Hall–Kier alpha value is -1.36. The summed E-state index contributed by atoms with van der Waals surface area (Å²) in [5.41, 5.74) is 6.89. The van der Waals surface area contributed by atoms with Gasteiger partial charge in [-0.2, -0.15) is 0 Å². The highest BCUT2D eigenvalue weighted by Crippen LogP contribution is 2.26. The summed E-state index contributed by atoms with van der Waals surface area (Å²) < 4.78 is 5.73. The Balaban J connectivity index is 1.70. The molecule has 1 aromatic carbocycles. The summed E-state index contributed by atoms with van der Waals surface area (Å²) in [6, 6.07) is 12.3. The molecule has 1 unspecified atom stereocenters. The molecule has 2 aromatic rings. The van der Waals surface area contributed by atoms with E-state index in [0.717, 1.165) is 44.5 Å². The van der Waals surface area contributed by atoms with Crippen molar-refractivity contribution in [1.29, 1.82) is 0 Å². The maximum Gasteiger partial charge on any atom is 0.119 e. The van der Waals surface area contributed by atoms with Crippen LogP contribution in [-0.4, -0.2) is 23.9 Å². The molecule has 1 atom stereocenters. The SMILES string of the molecule is Cc1cc(CCCCOc2ccccc2)sc1CCC(C)(N)CO. The maximum atomic E-state index is 9.26. The van der Waals surface area contributed by atoms with E-state index >= 15 is 0 Å². The van der Waals surface area contributed by atoms with Crippen LogP contribution in [-0.2, 0) is 12.8 Å². The molecular formula is C20H29NO2S. The third-order valence-electron chi connectivity index (χ3n) is 4.19. The number of benzene rings is 1. The normalized spacial score (nSPS) is 13.7. The van der Waals surface area contributed by atoms with Crippen molar-refractivity contribution < 1.29 is 9.84 Å². The lowest BCUT2D eigenvalue weighted by molar-refractivity contribution is 0.201. The number of ether oxygens (including phenoxy) is 1. The molecule has 0 radical (unpaired) electrons. The van der Waals surface area contributed by atoms with E-state index in [1.165, 1.54) is 15.3 Å². The van der Waals surface area contributed by atoms with E-state index in [1.807, 2.05) is 48.6 Å². The van der Waals surface area contributed by atoms with Gasteiger partial charge in [0.05, 0.1) is 13.2 Å². The fourth-order valence-electron chi connectivity index (χ4n) is 2.55. The summed E-state index contributed by atoms with van der Waals surface area (Å²) in [7, 11) is 0. The van der Waals surface area contributed by atoms with Gasteiger partial charge in [0.1, 0.15) is 5.75 Å². The second-order valence-corrected chi connectivity index (χ2v) is 7.97. The van der Waals surface area contributed by atoms with Crippen molar-refractivity contribution in [2.75, 3.05) is 13.2 Å². The summed E-state index contributed by atoms with van der Waals surface area (Å²) >= 11 is 1.89. The molecule has 132 valence electrons. The van der Waals surface area contributed by atoms with Crippen molar-refractivity contribution >= 4 is 11.3 Å². The van der Waals surface area contributed by atoms with Gasteiger partial charge in [-0.1, -0.05) is 18.2 Å². The minimum Gasteiger partial charge on any atom is -0.494 e. The van der Waals surface area contributed by atoms with Crippen LogP contribution in [0.3, 0.4) is 0 Å². The first kappa shape index (κ1) is 19.0. The van der Waals surface area contributed by atoms with Crippen LogP contribution < -0.4 is 10.5 Å². The van der Waals surface area contributed by atoms with Crippen LogP contribution in [0.5, 0.6) is 5.75 Å². The molecule has 0 aliphatic carbocycles. The summed E-state index contributed by atoms with van der Waals surface area (Å²) in [5, 5.41) is 9.26. The Bertz CT molecular complexity index is 607. The van der Waals surface area contributed by atoms with Crippen LogP contribution in [0.1, 0.15) is 41.5 Å². The summed E-state index contributed by atoms with van der Waals surface area (Å²) in [5.74, 6) is 0.945. The second-order valence-electron chi connectivity index (χ2n) is 6.75. The van der Waals surface area contributed by atoms with E-state index in [1.54, 1.807) is 0 Å². The number of hydrogen-bond acceptors (Lipinski definition) is 4. The highest BCUT2D eigenvalue weighted by Gasteiger charge is 2.18. The van der Waals surface area contributed by atoms with Gasteiger partial charge in [-0.05, 0) is 69.7 Å². The van der Waals surface area contributed by atoms with Gasteiger partial charge in [0, 0.05) is 15.3 Å². The molecule has 3 nitrogen and oxygen atoms in total. The summed E-state index contributed by atoms with van der Waals surface area (Å²) in [6.45, 7) is 4.87. The zero-order chi connectivity index (χ0) is 17.4. The topological polar surface area (TPSA) is 55.5 Å². The number of para-hydroxylation sites is 1. The fourth-order valence-corrected chi connectivity index (χ4v) is 3.77. The van der Waals surface area contributed by atoms with Crippen LogP contribution in [0.2, 0.25) is 0 Å². The van der Waals surface area contributed by atoms with E-state index in [9.17, 15) is 5.11 Å². The quantitative estimate of drug-likeness (QED) is 0.636. The van der Waals surface area contributed by atoms with E-state index in [0.29, 0.717) is 0 Å². The van der Waals surface area contributed by atoms with Crippen molar-refractivity contribution in [3.8, 4) is 5.75 Å². The van der Waals surface area contributed by atoms with Gasteiger partial charge < -0.3 is 15.6 Å². The number of nitrogens with two attached hydrogens (primary N) is 1. The number of rotatable bonds is 10. The monoisotopic (exact) mass is 347 g/mol. The molecule has 0 spiro atoms. The van der Waals surface area contributed by atoms with Crippen LogP contribution >= 0.6 is 11.3 Å². The third-order valence-corrected chi connectivity index (χ3v) is 5.54. The summed E-state index contributed by atoms with van der Waals surface area (Å²) in [4.78, 5) is 2.83. The van der Waals surface area contributed by atoms with Crippen molar-refractivity contribution in [3.05, 3.63) is 51.7 Å². The lowest BCUT2D eigenvalue weighted by Crippen LogP contribution is -2.40. The van der Waals surface area contributed by atoms with E-state index in [2.05, 4.69) is 13.0 Å². The molecule has 0 fully saturated rings. The Morgan fingerprint density at radius 2 is 1.92 bits per heavy atom. The Kier molecular flexibility index (Phi) is 7.28. The van der Waals surface area contributed by atoms with E-state index < -0.39 is 5.54 Å². The minimum atomic E-state index is -0.481. The molecule has 1 heterocycles. The molecule has 0 amide bonds. The van der Waals surface area contributed by atoms with Gasteiger partial charge in [0.15, 0.2) is 0 Å². The third kappa shape index (κ3) is 6.27. The van der Waals surface area contributed by atoms with Crippen molar-refractivity contribution in [3.63, 3.8) is 0 Å². The molecular weight excluding hydrogens is 318 g/mol. The highest BCUT2D eigenvalue weighted by atomic mass is 32.1. The molecule has 0 aliphatic heterocycles. The molecule has 0 saturated heterocycles. The molecule has 3 N–H and O–H groups in total. The van der Waals surface area contributed by atoms with Crippen LogP contribution in [0.4, 0.5) is 0 Å². The summed E-state index contributed by atoms with van der Waals surface area (Å²) in [6.07, 6.45) is 5.06. The number of aliphatic hydroxyl groups excluding tert-OH is 1. The molecule has 0 aliphatic rings. The zero-order valence-electron chi connectivity index (χ0n) is 14.8. The predicted octanol–water partition coefficient (Wildman–Crippen LogP) is 4.10. The molecule has 24 heavy (non-hydrogen) atoms. The van der Waals surface area contributed by atoms with Crippen LogP contribution in [0.25, 0.3) is 0 Å². The first-order valence-electron chi connectivity index (χ1n) is 8.66. The highest BCUT2D eigenvalue weighted by molar-refractivity contribution is 7.12. The molecule has 0 saturated carbocycles. The van der Waals surface area contributed by atoms with E-state index in [-0.39, 0.29) is 6.61 Å². The Labute approximate surface area is 149 Å². The largest absolute Gasteiger partial charge is 0.494 e. The average Bonchev–Trinajstić information content (AvgIpc) is 2.94. The standard InChI is InChI=1S/C20H29NO2S/c1-16-14-18(24-19(16)11-12-20(2,21)15-22)10-6-7-13-23-17-8-4-3-5-9-17/h3-5,8-9,14,22H,6-7,10-13,15,21H2,1-2H3. The van der Waals surface area contributed by atoms with Gasteiger partial charge in [0.2, 0.25) is 0 Å². The molecule has 4 heteroatoms. The van der Waals surface area contributed by atoms with Gasteiger partial charge >= 0.3 is 0 Å². The van der Waals surface area contributed by atoms with Gasteiger partial charge in [-0.3, -0.25) is 0 Å². The van der Waals surface area contributed by atoms with Crippen LogP contribution in [0, 0.1) is 6.92 Å². The fraction of sp³-hybridized carbons (Fsp3) is 0.500. The van der Waals surface area contributed by atoms with Gasteiger partial charge in [-0.15, -0.1) is 11.3 Å². The average molecular weight is 348 g/mol. The second kappa shape index (κ2) is 9.21. The van der Waals surface area contributed by atoms with Crippen molar-refractivity contribution in [2.24, 2.45) is 5.73 Å². The number of thiophene rings is 1. The number of unbranched alkanes of at least 4 members (excludes halogenated alkanes) is 1. The van der Waals surface area contributed by atoms with E-state index in [4.69, 9.17) is 10.5 Å². The first-order valence-corrected chi connectivity index (χ1v) is 9.47. The maximum absolute atomic E-state index is 9.26. The van der Waals surface area contributed by atoms with Crippen LogP contribution in [0.15, 0.2) is 36.4 Å². The van der Waals surface area contributed by atoms with Gasteiger partial charge in [0.25, 0.3) is 0 Å². The predicted molar refractivity (Wildman–Crippen MR) is 102 cm³/mol. The Morgan fingerprint density at radius 1 is 1.17 bits per heavy atom. The lowest BCUT2D eigenvalue weighted by Gasteiger charge is -2.21. The van der Waals surface area contributed by atoms with Gasteiger partial charge in [-0.25, -0.2) is 0 Å². The number of aryl methyl sites for hydroxylation is 3. The molecule has 1 aromatic heterocycles. The Morgan fingerprint density at radius 3 is 2.62 bits per heavy atom. The van der Waals surface area contributed by atoms with Crippen molar-refractivity contribution in [2.45, 2.75) is 51.5 Å². The molecule has 2 rings (SSSR count).